The number of fused-ring (bicyclic) bond motifs is 1. The van der Waals surface area contributed by atoms with Crippen molar-refractivity contribution in [2.24, 2.45) is 0 Å². The van der Waals surface area contributed by atoms with E-state index in [0.717, 1.165) is 5.56 Å². The normalized spacial score (nSPS) is 11.2. The van der Waals surface area contributed by atoms with Crippen LogP contribution in [0.25, 0.3) is 28.4 Å². The molecule has 0 N–H and O–H groups in total. The molecule has 5 aromatic rings. The second kappa shape index (κ2) is 9.39. The van der Waals surface area contributed by atoms with E-state index in [9.17, 15) is 4.79 Å². The van der Waals surface area contributed by atoms with Gasteiger partial charge in [0.05, 0.1) is 32.1 Å². The fourth-order valence-corrected chi connectivity index (χ4v) is 3.81. The predicted octanol–water partition coefficient (Wildman–Crippen LogP) is 2.82. The molecule has 0 aliphatic rings. The maximum Gasteiger partial charge on any atom is 0.352 e. The molecule has 0 amide bonds. The Morgan fingerprint density at radius 1 is 0.971 bits per heavy atom. The third-order valence-electron chi connectivity index (χ3n) is 5.34. The summed E-state index contributed by atoms with van der Waals surface area (Å²) in [5.41, 5.74) is 2.09. The first-order valence-corrected chi connectivity index (χ1v) is 10.7. The molecule has 0 aliphatic heterocycles. The molecule has 0 atom stereocenters. The van der Waals surface area contributed by atoms with Gasteiger partial charge in [0, 0.05) is 18.7 Å². The van der Waals surface area contributed by atoms with Crippen LogP contribution in [0.2, 0.25) is 0 Å². The standard InChI is InChI=1S/C24H22N6O5/c1-32-14-16-12-19-27-29(24(31)30(19)23(25-16)15-8-5-4-6-9-15)13-20-26-22(28-35-20)17-10-7-11-18(33-2)21(17)34-3/h4-12H,13-14H2,1-3H3. The van der Waals surface area contributed by atoms with E-state index in [1.165, 1.54) is 16.2 Å². The lowest BCUT2D eigenvalue weighted by molar-refractivity contribution is 0.181. The first kappa shape index (κ1) is 22.3. The molecule has 3 aromatic heterocycles. The first-order chi connectivity index (χ1) is 17.1. The predicted molar refractivity (Wildman–Crippen MR) is 125 cm³/mol. The topological polar surface area (TPSA) is 119 Å². The number of para-hydroxylation sites is 1. The van der Waals surface area contributed by atoms with Crippen molar-refractivity contribution in [3.05, 3.63) is 76.7 Å². The lowest BCUT2D eigenvalue weighted by Crippen LogP contribution is -2.23. The van der Waals surface area contributed by atoms with E-state index >= 15 is 0 Å². The van der Waals surface area contributed by atoms with E-state index in [4.69, 9.17) is 18.7 Å². The summed E-state index contributed by atoms with van der Waals surface area (Å²) >= 11 is 0. The Hall–Kier alpha value is -4.51. The number of benzene rings is 2. The number of rotatable bonds is 8. The molecule has 2 aromatic carbocycles. The molecule has 0 saturated heterocycles. The Kier molecular flexibility index (Phi) is 5.98. The molecule has 0 saturated carbocycles. The largest absolute Gasteiger partial charge is 0.493 e. The van der Waals surface area contributed by atoms with Crippen molar-refractivity contribution in [2.75, 3.05) is 21.3 Å². The van der Waals surface area contributed by atoms with E-state index < -0.39 is 0 Å². The number of ether oxygens (including phenoxy) is 3. The van der Waals surface area contributed by atoms with Gasteiger partial charge in [-0.25, -0.2) is 18.9 Å². The Morgan fingerprint density at radius 2 is 1.80 bits per heavy atom. The Morgan fingerprint density at radius 3 is 2.54 bits per heavy atom. The Bertz CT molecular complexity index is 1540. The van der Waals surface area contributed by atoms with Gasteiger partial charge in [-0.1, -0.05) is 41.6 Å². The molecule has 35 heavy (non-hydrogen) atoms. The summed E-state index contributed by atoms with van der Waals surface area (Å²) < 4.78 is 24.2. The zero-order valence-corrected chi connectivity index (χ0v) is 19.3. The summed E-state index contributed by atoms with van der Waals surface area (Å²) in [5, 5.41) is 8.53. The fraction of sp³-hybridized carbons (Fsp3) is 0.208. The van der Waals surface area contributed by atoms with Crippen LogP contribution in [0.15, 0.2) is 63.9 Å². The molecule has 0 bridgehead atoms. The molecular formula is C24H22N6O5. The Balaban J connectivity index is 1.55. The molecule has 0 aliphatic carbocycles. The zero-order valence-electron chi connectivity index (χ0n) is 19.3. The van der Waals surface area contributed by atoms with E-state index in [0.29, 0.717) is 40.1 Å². The highest BCUT2D eigenvalue weighted by atomic mass is 16.5. The second-order valence-electron chi connectivity index (χ2n) is 7.56. The van der Waals surface area contributed by atoms with Crippen LogP contribution in [0, 0.1) is 0 Å². The highest BCUT2D eigenvalue weighted by Gasteiger charge is 2.20. The maximum atomic E-state index is 13.3. The lowest BCUT2D eigenvalue weighted by Gasteiger charge is -2.09. The van der Waals surface area contributed by atoms with Gasteiger partial charge in [0.25, 0.3) is 0 Å². The highest BCUT2D eigenvalue weighted by Crippen LogP contribution is 2.36. The van der Waals surface area contributed by atoms with E-state index in [2.05, 4.69) is 20.2 Å². The van der Waals surface area contributed by atoms with Crippen LogP contribution in [0.3, 0.4) is 0 Å². The van der Waals surface area contributed by atoms with Gasteiger partial charge in [0.15, 0.2) is 17.1 Å². The van der Waals surface area contributed by atoms with Crippen molar-refractivity contribution in [2.45, 2.75) is 13.2 Å². The van der Waals surface area contributed by atoms with Crippen LogP contribution in [-0.4, -0.2) is 50.6 Å². The molecule has 0 fully saturated rings. The van der Waals surface area contributed by atoms with Crippen molar-refractivity contribution in [1.29, 1.82) is 0 Å². The molecular weight excluding hydrogens is 452 g/mol. The SMILES string of the molecule is COCc1cc2nn(Cc3nc(-c4cccc(OC)c4OC)no3)c(=O)n2c(-c2ccccc2)n1. The summed E-state index contributed by atoms with van der Waals surface area (Å²) in [7, 11) is 4.67. The smallest absolute Gasteiger partial charge is 0.352 e. The third-order valence-corrected chi connectivity index (χ3v) is 5.34. The minimum atomic E-state index is -0.381. The number of methoxy groups -OCH3 is 3. The van der Waals surface area contributed by atoms with Gasteiger partial charge in [-0.3, -0.25) is 0 Å². The summed E-state index contributed by atoms with van der Waals surface area (Å²) in [6.07, 6.45) is 0. The highest BCUT2D eigenvalue weighted by molar-refractivity contribution is 5.68. The van der Waals surface area contributed by atoms with Crippen molar-refractivity contribution in [3.8, 4) is 34.3 Å². The quantitative estimate of drug-likeness (QED) is 0.334. The number of aromatic nitrogens is 6. The van der Waals surface area contributed by atoms with E-state index in [1.54, 1.807) is 38.5 Å². The monoisotopic (exact) mass is 474 g/mol. The maximum absolute atomic E-state index is 13.3. The van der Waals surface area contributed by atoms with Crippen LogP contribution in [0.1, 0.15) is 11.6 Å². The summed E-state index contributed by atoms with van der Waals surface area (Å²) in [6.45, 7) is 0.264. The number of nitrogens with zero attached hydrogens (tertiary/aromatic N) is 6. The van der Waals surface area contributed by atoms with Gasteiger partial charge >= 0.3 is 5.69 Å². The summed E-state index contributed by atoms with van der Waals surface area (Å²) in [4.78, 5) is 22.4. The van der Waals surface area contributed by atoms with Gasteiger partial charge in [0.2, 0.25) is 11.7 Å². The molecule has 11 nitrogen and oxygen atoms in total. The van der Waals surface area contributed by atoms with Gasteiger partial charge in [-0.2, -0.15) is 4.98 Å². The van der Waals surface area contributed by atoms with Crippen molar-refractivity contribution < 1.29 is 18.7 Å². The van der Waals surface area contributed by atoms with Crippen LogP contribution >= 0.6 is 0 Å². The number of hydrogen-bond acceptors (Lipinski definition) is 9. The molecule has 5 rings (SSSR count). The molecule has 0 radical (unpaired) electrons. The van der Waals surface area contributed by atoms with Crippen LogP contribution in [0.4, 0.5) is 0 Å². The van der Waals surface area contributed by atoms with E-state index in [-0.39, 0.29) is 24.7 Å². The Labute approximate surface area is 199 Å². The van der Waals surface area contributed by atoms with Crippen LogP contribution in [-0.2, 0) is 17.9 Å². The van der Waals surface area contributed by atoms with Crippen LogP contribution < -0.4 is 15.2 Å². The first-order valence-electron chi connectivity index (χ1n) is 10.7. The van der Waals surface area contributed by atoms with Crippen molar-refractivity contribution in [1.82, 2.24) is 29.3 Å². The lowest BCUT2D eigenvalue weighted by atomic mass is 10.1. The second-order valence-corrected chi connectivity index (χ2v) is 7.56. The third kappa shape index (κ3) is 4.13. The average Bonchev–Trinajstić information content (AvgIpc) is 3.48. The number of hydrogen-bond donors (Lipinski definition) is 0. The molecule has 3 heterocycles. The molecule has 178 valence electrons. The average molecular weight is 474 g/mol. The summed E-state index contributed by atoms with van der Waals surface area (Å²) in [5.74, 6) is 2.01. The van der Waals surface area contributed by atoms with Gasteiger partial charge < -0.3 is 18.7 Å². The minimum absolute atomic E-state index is 0.0202. The molecule has 11 heteroatoms. The van der Waals surface area contributed by atoms with E-state index in [1.807, 2.05) is 30.3 Å². The fourth-order valence-electron chi connectivity index (χ4n) is 3.81. The molecule has 0 spiro atoms. The summed E-state index contributed by atoms with van der Waals surface area (Å²) in [6, 6.07) is 16.5. The minimum Gasteiger partial charge on any atom is -0.493 e. The van der Waals surface area contributed by atoms with Crippen molar-refractivity contribution >= 4 is 5.65 Å². The van der Waals surface area contributed by atoms with Gasteiger partial charge in [-0.05, 0) is 12.1 Å². The van der Waals surface area contributed by atoms with Gasteiger partial charge in [0.1, 0.15) is 12.4 Å². The van der Waals surface area contributed by atoms with Crippen LogP contribution in [0.5, 0.6) is 11.5 Å². The van der Waals surface area contributed by atoms with Gasteiger partial charge in [-0.15, -0.1) is 5.10 Å². The molecule has 0 unspecified atom stereocenters. The van der Waals surface area contributed by atoms with Crippen molar-refractivity contribution in [3.63, 3.8) is 0 Å². The zero-order chi connectivity index (χ0) is 24.4.